The van der Waals surface area contributed by atoms with E-state index in [0.29, 0.717) is 5.52 Å². The van der Waals surface area contributed by atoms with Crippen LogP contribution in [0.2, 0.25) is 0 Å². The number of hydrogen-bond donors (Lipinski definition) is 1. The van der Waals surface area contributed by atoms with Crippen LogP contribution >= 0.6 is 0 Å². The van der Waals surface area contributed by atoms with Gasteiger partial charge in [0.1, 0.15) is 11.3 Å². The lowest BCUT2D eigenvalue weighted by molar-refractivity contribution is 0.469. The molecule has 0 spiro atoms. The highest BCUT2D eigenvalue weighted by molar-refractivity contribution is 5.85. The summed E-state index contributed by atoms with van der Waals surface area (Å²) in [5.41, 5.74) is 6.14. The van der Waals surface area contributed by atoms with Crippen molar-refractivity contribution < 1.29 is 5.11 Å². The van der Waals surface area contributed by atoms with Gasteiger partial charge in [-0.15, -0.1) is 0 Å². The molecule has 2 aromatic carbocycles. The molecule has 0 aliphatic rings. The summed E-state index contributed by atoms with van der Waals surface area (Å²) in [5.74, 6) is 0.265. The normalized spacial score (nSPS) is 12.2. The van der Waals surface area contributed by atoms with Crippen LogP contribution in [0.3, 0.4) is 0 Å². The molecule has 0 fully saturated rings. The molecule has 1 N–H and O–H groups in total. The molecule has 2 heterocycles. The molecule has 0 saturated heterocycles. The Hall–Kier alpha value is -3.20. The van der Waals surface area contributed by atoms with Gasteiger partial charge in [-0.25, -0.2) is 0 Å². The SMILES string of the molecule is Cc1ccnc(CC(c2ccccc2C)c2ccc3cccnc3c2O)c1. The number of pyridine rings is 2. The highest BCUT2D eigenvalue weighted by Gasteiger charge is 2.22. The van der Waals surface area contributed by atoms with Gasteiger partial charge >= 0.3 is 0 Å². The highest BCUT2D eigenvalue weighted by Crippen LogP contribution is 2.38. The van der Waals surface area contributed by atoms with E-state index in [4.69, 9.17) is 0 Å². The highest BCUT2D eigenvalue weighted by atomic mass is 16.3. The second-order valence-electron chi connectivity index (χ2n) is 7.02. The van der Waals surface area contributed by atoms with Crippen molar-refractivity contribution in [2.75, 3.05) is 0 Å². The molecule has 0 amide bonds. The first-order valence-corrected chi connectivity index (χ1v) is 9.17. The number of aryl methyl sites for hydroxylation is 2. The molecule has 1 unspecified atom stereocenters. The van der Waals surface area contributed by atoms with E-state index < -0.39 is 0 Å². The third kappa shape index (κ3) is 3.41. The molecule has 4 aromatic rings. The average Bonchev–Trinajstić information content (AvgIpc) is 2.68. The first kappa shape index (κ1) is 17.2. The van der Waals surface area contributed by atoms with Crippen molar-refractivity contribution in [2.45, 2.75) is 26.2 Å². The monoisotopic (exact) mass is 354 g/mol. The summed E-state index contributed by atoms with van der Waals surface area (Å²) < 4.78 is 0. The van der Waals surface area contributed by atoms with E-state index in [1.807, 2.05) is 42.6 Å². The molecular weight excluding hydrogens is 332 g/mol. The number of phenols is 1. The van der Waals surface area contributed by atoms with E-state index in [9.17, 15) is 5.11 Å². The number of hydrogen-bond acceptors (Lipinski definition) is 3. The van der Waals surface area contributed by atoms with Crippen LogP contribution in [-0.4, -0.2) is 15.1 Å². The van der Waals surface area contributed by atoms with Gasteiger partial charge in [0.05, 0.1) is 0 Å². The number of rotatable bonds is 4. The van der Waals surface area contributed by atoms with Gasteiger partial charge in [-0.1, -0.05) is 42.5 Å². The summed E-state index contributed by atoms with van der Waals surface area (Å²) in [4.78, 5) is 8.95. The van der Waals surface area contributed by atoms with Crippen LogP contribution in [0.4, 0.5) is 0 Å². The number of phenolic OH excluding ortho intramolecular Hbond substituents is 1. The van der Waals surface area contributed by atoms with Gasteiger partial charge in [-0.2, -0.15) is 0 Å². The minimum absolute atomic E-state index is 0.00639. The van der Waals surface area contributed by atoms with E-state index >= 15 is 0 Å². The number of benzene rings is 2. The Bertz CT molecular complexity index is 1100. The lowest BCUT2D eigenvalue weighted by atomic mass is 9.84. The second kappa shape index (κ2) is 7.20. The van der Waals surface area contributed by atoms with E-state index in [1.165, 1.54) is 16.7 Å². The third-order valence-electron chi connectivity index (χ3n) is 5.10. The first-order valence-electron chi connectivity index (χ1n) is 9.17. The Balaban J connectivity index is 1.88. The summed E-state index contributed by atoms with van der Waals surface area (Å²) in [6.07, 6.45) is 4.29. The zero-order chi connectivity index (χ0) is 18.8. The Morgan fingerprint density at radius 3 is 2.52 bits per heavy atom. The van der Waals surface area contributed by atoms with Crippen molar-refractivity contribution >= 4 is 10.9 Å². The quantitative estimate of drug-likeness (QED) is 0.539. The van der Waals surface area contributed by atoms with Crippen molar-refractivity contribution in [3.63, 3.8) is 0 Å². The number of fused-ring (bicyclic) bond motifs is 1. The van der Waals surface area contributed by atoms with E-state index in [1.54, 1.807) is 6.20 Å². The minimum Gasteiger partial charge on any atom is -0.505 e. The molecular formula is C24H22N2O. The zero-order valence-electron chi connectivity index (χ0n) is 15.6. The Kier molecular flexibility index (Phi) is 4.59. The Morgan fingerprint density at radius 1 is 0.852 bits per heavy atom. The van der Waals surface area contributed by atoms with Crippen LogP contribution in [0, 0.1) is 13.8 Å². The molecule has 27 heavy (non-hydrogen) atoms. The number of nitrogens with zero attached hydrogens (tertiary/aromatic N) is 2. The molecule has 0 radical (unpaired) electrons. The van der Waals surface area contributed by atoms with Crippen LogP contribution in [0.1, 0.15) is 33.9 Å². The molecule has 1 atom stereocenters. The summed E-state index contributed by atoms with van der Waals surface area (Å²) in [7, 11) is 0. The lowest BCUT2D eigenvalue weighted by Gasteiger charge is -2.21. The van der Waals surface area contributed by atoms with Crippen molar-refractivity contribution in [3.8, 4) is 5.75 Å². The van der Waals surface area contributed by atoms with Gasteiger partial charge in [0.25, 0.3) is 0 Å². The van der Waals surface area contributed by atoms with Gasteiger partial charge in [-0.05, 0) is 48.7 Å². The van der Waals surface area contributed by atoms with Crippen LogP contribution < -0.4 is 0 Å². The van der Waals surface area contributed by atoms with Gasteiger partial charge in [-0.3, -0.25) is 9.97 Å². The maximum Gasteiger partial charge on any atom is 0.145 e. The molecule has 2 aromatic heterocycles. The fourth-order valence-electron chi connectivity index (χ4n) is 3.71. The van der Waals surface area contributed by atoms with Crippen molar-refractivity contribution in [3.05, 3.63) is 101 Å². The molecule has 134 valence electrons. The fraction of sp³-hybridized carbons (Fsp3) is 0.167. The van der Waals surface area contributed by atoms with Crippen LogP contribution in [0.25, 0.3) is 10.9 Å². The summed E-state index contributed by atoms with van der Waals surface area (Å²) in [6, 6.07) is 20.4. The second-order valence-corrected chi connectivity index (χ2v) is 7.02. The van der Waals surface area contributed by atoms with Gasteiger partial charge in [0.2, 0.25) is 0 Å². The van der Waals surface area contributed by atoms with Crippen molar-refractivity contribution in [1.82, 2.24) is 9.97 Å². The van der Waals surface area contributed by atoms with Gasteiger partial charge in [0, 0.05) is 41.4 Å². The molecule has 0 bridgehead atoms. The van der Waals surface area contributed by atoms with Crippen LogP contribution in [-0.2, 0) is 6.42 Å². The molecule has 3 heteroatoms. The molecule has 0 aliphatic carbocycles. The molecule has 3 nitrogen and oxygen atoms in total. The van der Waals surface area contributed by atoms with E-state index in [0.717, 1.165) is 23.1 Å². The van der Waals surface area contributed by atoms with Crippen LogP contribution in [0.15, 0.2) is 73.1 Å². The Labute approximate surface area is 159 Å². The fourth-order valence-corrected chi connectivity index (χ4v) is 3.71. The average molecular weight is 354 g/mol. The van der Waals surface area contributed by atoms with Crippen molar-refractivity contribution in [2.24, 2.45) is 0 Å². The molecule has 4 rings (SSSR count). The standard InChI is InChI=1S/C24H22N2O/c1-16-11-13-25-19(14-16)15-22(20-8-4-3-6-17(20)2)21-10-9-18-7-5-12-26-23(18)24(21)27/h3-14,22,27H,15H2,1-2H3. The number of aromatic hydroxyl groups is 1. The maximum atomic E-state index is 11.0. The predicted molar refractivity (Wildman–Crippen MR) is 109 cm³/mol. The van der Waals surface area contributed by atoms with E-state index in [2.05, 4.69) is 48.1 Å². The smallest absolute Gasteiger partial charge is 0.145 e. The maximum absolute atomic E-state index is 11.0. The first-order chi connectivity index (χ1) is 13.1. The van der Waals surface area contributed by atoms with Gasteiger partial charge < -0.3 is 5.11 Å². The lowest BCUT2D eigenvalue weighted by Crippen LogP contribution is -2.09. The van der Waals surface area contributed by atoms with E-state index in [-0.39, 0.29) is 11.7 Å². The largest absolute Gasteiger partial charge is 0.505 e. The summed E-state index contributed by atoms with van der Waals surface area (Å²) in [6.45, 7) is 4.19. The molecule has 0 saturated carbocycles. The molecule has 0 aliphatic heterocycles. The van der Waals surface area contributed by atoms with Crippen molar-refractivity contribution in [1.29, 1.82) is 0 Å². The third-order valence-corrected chi connectivity index (χ3v) is 5.10. The summed E-state index contributed by atoms with van der Waals surface area (Å²) >= 11 is 0. The summed E-state index contributed by atoms with van der Waals surface area (Å²) in [5, 5.41) is 12.0. The zero-order valence-corrected chi connectivity index (χ0v) is 15.6. The Morgan fingerprint density at radius 2 is 1.70 bits per heavy atom. The van der Waals surface area contributed by atoms with Gasteiger partial charge in [0.15, 0.2) is 0 Å². The minimum atomic E-state index is 0.00639. The topological polar surface area (TPSA) is 46.0 Å². The predicted octanol–water partition coefficient (Wildman–Crippen LogP) is 5.33. The number of aromatic nitrogens is 2. The van der Waals surface area contributed by atoms with Crippen LogP contribution in [0.5, 0.6) is 5.75 Å².